The van der Waals surface area contributed by atoms with Crippen LogP contribution < -0.4 is 4.74 Å². The first-order chi connectivity index (χ1) is 13.0. The average molecular weight is 357 g/mol. The SMILES string of the molecule is COc1c(C)cc(-c2ccc3nc(-c4cc(C)ccc4C)oc3c2)cc1C. The summed E-state index contributed by atoms with van der Waals surface area (Å²) in [4.78, 5) is 4.70. The highest BCUT2D eigenvalue weighted by molar-refractivity contribution is 5.83. The van der Waals surface area contributed by atoms with Gasteiger partial charge in [-0.25, -0.2) is 4.98 Å². The molecule has 0 aliphatic heterocycles. The highest BCUT2D eigenvalue weighted by atomic mass is 16.5. The van der Waals surface area contributed by atoms with E-state index in [4.69, 9.17) is 14.1 Å². The van der Waals surface area contributed by atoms with Crippen molar-refractivity contribution in [1.82, 2.24) is 4.98 Å². The molecule has 0 aliphatic rings. The number of fused-ring (bicyclic) bond motifs is 1. The molecule has 4 rings (SSSR count). The zero-order valence-electron chi connectivity index (χ0n) is 16.4. The normalized spacial score (nSPS) is 11.1. The van der Waals surface area contributed by atoms with Gasteiger partial charge in [0.2, 0.25) is 5.89 Å². The average Bonchev–Trinajstić information content (AvgIpc) is 3.06. The topological polar surface area (TPSA) is 35.3 Å². The zero-order chi connectivity index (χ0) is 19.1. The molecule has 4 aromatic rings. The number of aromatic nitrogens is 1. The van der Waals surface area contributed by atoms with Gasteiger partial charge in [0, 0.05) is 5.56 Å². The Hall–Kier alpha value is -3.07. The molecule has 0 radical (unpaired) electrons. The lowest BCUT2D eigenvalue weighted by Crippen LogP contribution is -1.92. The van der Waals surface area contributed by atoms with E-state index in [9.17, 15) is 0 Å². The number of oxazole rings is 1. The van der Waals surface area contributed by atoms with Crippen LogP contribution in [0, 0.1) is 27.7 Å². The first-order valence-electron chi connectivity index (χ1n) is 9.10. The molecular formula is C24H23NO2. The van der Waals surface area contributed by atoms with Gasteiger partial charge in [0.15, 0.2) is 5.58 Å². The minimum atomic E-state index is 0.672. The molecule has 0 aliphatic carbocycles. The van der Waals surface area contributed by atoms with Gasteiger partial charge in [-0.3, -0.25) is 0 Å². The zero-order valence-corrected chi connectivity index (χ0v) is 16.4. The summed E-state index contributed by atoms with van der Waals surface area (Å²) in [5, 5.41) is 0. The molecule has 0 unspecified atom stereocenters. The van der Waals surface area contributed by atoms with Crippen LogP contribution in [0.3, 0.4) is 0 Å². The predicted octanol–water partition coefficient (Wildman–Crippen LogP) is 6.40. The van der Waals surface area contributed by atoms with Crippen molar-refractivity contribution in [3.63, 3.8) is 0 Å². The summed E-state index contributed by atoms with van der Waals surface area (Å²) >= 11 is 0. The van der Waals surface area contributed by atoms with Crippen molar-refractivity contribution in [1.29, 1.82) is 0 Å². The first kappa shape index (κ1) is 17.3. The molecule has 0 bridgehead atoms. The molecule has 27 heavy (non-hydrogen) atoms. The van der Waals surface area contributed by atoms with Crippen molar-refractivity contribution in [2.24, 2.45) is 0 Å². The van der Waals surface area contributed by atoms with Crippen LogP contribution in [0.1, 0.15) is 22.3 Å². The third kappa shape index (κ3) is 3.10. The number of nitrogens with zero attached hydrogens (tertiary/aromatic N) is 1. The van der Waals surface area contributed by atoms with Gasteiger partial charge >= 0.3 is 0 Å². The van der Waals surface area contributed by atoms with Gasteiger partial charge in [0.05, 0.1) is 7.11 Å². The summed E-state index contributed by atoms with van der Waals surface area (Å²) < 4.78 is 11.6. The maximum atomic E-state index is 6.12. The fourth-order valence-corrected chi connectivity index (χ4v) is 3.62. The molecule has 1 heterocycles. The third-order valence-electron chi connectivity index (χ3n) is 5.01. The van der Waals surface area contributed by atoms with Crippen molar-refractivity contribution >= 4 is 11.1 Å². The van der Waals surface area contributed by atoms with E-state index in [-0.39, 0.29) is 0 Å². The highest BCUT2D eigenvalue weighted by Crippen LogP contribution is 2.33. The van der Waals surface area contributed by atoms with Crippen LogP contribution in [0.25, 0.3) is 33.7 Å². The highest BCUT2D eigenvalue weighted by Gasteiger charge is 2.13. The van der Waals surface area contributed by atoms with Gasteiger partial charge in [0.25, 0.3) is 0 Å². The lowest BCUT2D eigenvalue weighted by molar-refractivity contribution is 0.408. The predicted molar refractivity (Wildman–Crippen MR) is 110 cm³/mol. The van der Waals surface area contributed by atoms with Crippen molar-refractivity contribution < 1.29 is 9.15 Å². The van der Waals surface area contributed by atoms with Crippen molar-refractivity contribution in [2.45, 2.75) is 27.7 Å². The van der Waals surface area contributed by atoms with E-state index < -0.39 is 0 Å². The minimum absolute atomic E-state index is 0.672. The molecule has 3 aromatic carbocycles. The summed E-state index contributed by atoms with van der Waals surface area (Å²) in [6.07, 6.45) is 0. The van der Waals surface area contributed by atoms with Crippen LogP contribution in [-0.2, 0) is 0 Å². The molecule has 3 heteroatoms. The standard InChI is InChI=1S/C24H23NO2/c1-14-6-7-15(2)20(10-14)24-25-21-9-8-18(13-22(21)27-24)19-11-16(3)23(26-5)17(4)12-19/h6-13H,1-5H3. The summed E-state index contributed by atoms with van der Waals surface area (Å²) in [6, 6.07) is 16.8. The van der Waals surface area contributed by atoms with Crippen LogP contribution >= 0.6 is 0 Å². The van der Waals surface area contributed by atoms with Crippen LogP contribution in [0.2, 0.25) is 0 Å². The fraction of sp³-hybridized carbons (Fsp3) is 0.208. The van der Waals surface area contributed by atoms with Gasteiger partial charge in [-0.05, 0) is 85.8 Å². The van der Waals surface area contributed by atoms with Gasteiger partial charge in [0.1, 0.15) is 11.3 Å². The molecule has 0 atom stereocenters. The molecule has 3 nitrogen and oxygen atoms in total. The number of methoxy groups -OCH3 is 1. The monoisotopic (exact) mass is 357 g/mol. The minimum Gasteiger partial charge on any atom is -0.496 e. The Morgan fingerprint density at radius 3 is 2.22 bits per heavy atom. The molecule has 1 aromatic heterocycles. The van der Waals surface area contributed by atoms with Gasteiger partial charge in [-0.15, -0.1) is 0 Å². The molecule has 0 spiro atoms. The molecule has 0 N–H and O–H groups in total. The van der Waals surface area contributed by atoms with Crippen molar-refractivity contribution in [3.05, 3.63) is 70.8 Å². The van der Waals surface area contributed by atoms with Crippen molar-refractivity contribution in [2.75, 3.05) is 7.11 Å². The van der Waals surface area contributed by atoms with E-state index in [1.807, 2.05) is 6.07 Å². The van der Waals surface area contributed by atoms with E-state index in [2.05, 4.69) is 70.2 Å². The molecule has 0 saturated heterocycles. The number of hydrogen-bond donors (Lipinski definition) is 0. The molecule has 0 saturated carbocycles. The van der Waals surface area contributed by atoms with E-state index in [1.54, 1.807) is 7.11 Å². The van der Waals surface area contributed by atoms with Gasteiger partial charge in [-0.2, -0.15) is 0 Å². The molecule has 136 valence electrons. The van der Waals surface area contributed by atoms with Gasteiger partial charge in [-0.1, -0.05) is 23.8 Å². The quantitative estimate of drug-likeness (QED) is 0.425. The molecule has 0 fully saturated rings. The Labute approximate surface area is 159 Å². The maximum absolute atomic E-state index is 6.12. The van der Waals surface area contributed by atoms with E-state index >= 15 is 0 Å². The molecule has 0 amide bonds. The second-order valence-corrected chi connectivity index (χ2v) is 7.16. The summed E-state index contributed by atoms with van der Waals surface area (Å²) in [7, 11) is 1.71. The van der Waals surface area contributed by atoms with Crippen LogP contribution in [0.15, 0.2) is 52.9 Å². The van der Waals surface area contributed by atoms with Crippen LogP contribution in [0.4, 0.5) is 0 Å². The fourth-order valence-electron chi connectivity index (χ4n) is 3.62. The Morgan fingerprint density at radius 1 is 0.778 bits per heavy atom. The largest absolute Gasteiger partial charge is 0.496 e. The Kier molecular flexibility index (Phi) is 4.23. The number of benzene rings is 3. The van der Waals surface area contributed by atoms with Crippen LogP contribution in [0.5, 0.6) is 5.75 Å². The summed E-state index contributed by atoms with van der Waals surface area (Å²) in [5.41, 5.74) is 9.59. The lowest BCUT2D eigenvalue weighted by Gasteiger charge is -2.11. The van der Waals surface area contributed by atoms with Crippen LogP contribution in [-0.4, -0.2) is 12.1 Å². The second-order valence-electron chi connectivity index (χ2n) is 7.16. The Bertz CT molecular complexity index is 1130. The number of hydrogen-bond acceptors (Lipinski definition) is 3. The van der Waals surface area contributed by atoms with Gasteiger partial charge < -0.3 is 9.15 Å². The number of ether oxygens (including phenoxy) is 1. The second kappa shape index (κ2) is 6.58. The number of aryl methyl sites for hydroxylation is 4. The smallest absolute Gasteiger partial charge is 0.227 e. The molecular weight excluding hydrogens is 334 g/mol. The maximum Gasteiger partial charge on any atom is 0.227 e. The number of rotatable bonds is 3. The van der Waals surface area contributed by atoms with Crippen molar-refractivity contribution in [3.8, 4) is 28.3 Å². The van der Waals surface area contributed by atoms with E-state index in [0.717, 1.165) is 50.2 Å². The van der Waals surface area contributed by atoms with E-state index in [0.29, 0.717) is 5.89 Å². The van der Waals surface area contributed by atoms with E-state index in [1.165, 1.54) is 5.56 Å². The summed E-state index contributed by atoms with van der Waals surface area (Å²) in [5.74, 6) is 1.61. The lowest BCUT2D eigenvalue weighted by atomic mass is 9.99. The first-order valence-corrected chi connectivity index (χ1v) is 9.10. The Morgan fingerprint density at radius 2 is 1.52 bits per heavy atom. The Balaban J connectivity index is 1.81. The third-order valence-corrected chi connectivity index (χ3v) is 5.01. The summed E-state index contributed by atoms with van der Waals surface area (Å²) in [6.45, 7) is 8.30.